The van der Waals surface area contributed by atoms with E-state index < -0.39 is 35.4 Å². The van der Waals surface area contributed by atoms with Gasteiger partial charge in [-0.3, -0.25) is 9.59 Å². The molecule has 4 rings (SSSR count). The zero-order valence-electron chi connectivity index (χ0n) is 22.5. The van der Waals surface area contributed by atoms with Crippen molar-refractivity contribution in [2.75, 3.05) is 32.8 Å². The van der Waals surface area contributed by atoms with E-state index in [0.717, 1.165) is 36.9 Å². The van der Waals surface area contributed by atoms with E-state index >= 15 is 0 Å². The molecule has 2 atom stereocenters. The second kappa shape index (κ2) is 12.3. The Morgan fingerprint density at radius 3 is 2.44 bits per heavy atom. The molecule has 0 saturated carbocycles. The summed E-state index contributed by atoms with van der Waals surface area (Å²) in [6.07, 6.45) is 5.11. The van der Waals surface area contributed by atoms with Crippen molar-refractivity contribution in [2.24, 2.45) is 11.7 Å². The number of aliphatic hydroxyl groups is 1. The van der Waals surface area contributed by atoms with Gasteiger partial charge in [-0.25, -0.2) is 18.7 Å². The number of benzene rings is 1. The molecule has 2 aliphatic rings. The topological polar surface area (TPSA) is 122 Å². The first-order chi connectivity index (χ1) is 18.6. The van der Waals surface area contributed by atoms with Crippen LogP contribution in [0.1, 0.15) is 56.3 Å². The third kappa shape index (κ3) is 6.88. The average Bonchev–Trinajstić information content (AvgIpc) is 3.34. The largest absolute Gasteiger partial charge is 0.490 e. The van der Waals surface area contributed by atoms with Crippen LogP contribution in [0.5, 0.6) is 5.75 Å². The number of carbonyl (C=O) groups is 2. The maximum Gasteiger partial charge on any atom is 0.257 e. The van der Waals surface area contributed by atoms with Gasteiger partial charge in [0.25, 0.3) is 5.91 Å². The molecule has 0 bridgehead atoms. The Labute approximate surface area is 227 Å². The van der Waals surface area contributed by atoms with Gasteiger partial charge < -0.3 is 25.4 Å². The molecule has 2 amide bonds. The molecular weight excluding hydrogens is 508 g/mol. The first-order valence-electron chi connectivity index (χ1n) is 13.6. The number of halogens is 2. The Bertz CT molecular complexity index is 1150. The van der Waals surface area contributed by atoms with Crippen LogP contribution >= 0.6 is 0 Å². The minimum absolute atomic E-state index is 0.0277. The fourth-order valence-corrected chi connectivity index (χ4v) is 5.23. The number of nitrogens with zero attached hydrogens (tertiary/aromatic N) is 4. The summed E-state index contributed by atoms with van der Waals surface area (Å²) in [6.45, 7) is 6.40. The quantitative estimate of drug-likeness (QED) is 0.471. The Hall–Kier alpha value is -3.18. The fraction of sp³-hybridized carbons (Fsp3) is 0.571. The van der Waals surface area contributed by atoms with Crippen molar-refractivity contribution in [3.8, 4) is 17.1 Å². The van der Waals surface area contributed by atoms with Crippen LogP contribution in [-0.4, -0.2) is 87.3 Å². The molecule has 2 aliphatic heterocycles. The number of β-amino-alcohol motifs (C(OH)–C–C–N with tert-alkyl or cyclic N) is 1. The normalized spacial score (nSPS) is 20.8. The number of alkyl halides is 1. The number of ether oxygens (including phenoxy) is 1. The van der Waals surface area contributed by atoms with Crippen LogP contribution in [0.15, 0.2) is 30.6 Å². The van der Waals surface area contributed by atoms with E-state index in [1.165, 1.54) is 24.5 Å². The lowest BCUT2D eigenvalue weighted by molar-refractivity contribution is -0.121. The average molecular weight is 546 g/mol. The highest BCUT2D eigenvalue weighted by Crippen LogP contribution is 2.27. The van der Waals surface area contributed by atoms with Crippen LogP contribution < -0.4 is 10.5 Å². The number of hydrogen-bond donors (Lipinski definition) is 2. The fourth-order valence-electron chi connectivity index (χ4n) is 5.23. The molecule has 212 valence electrons. The highest BCUT2D eigenvalue weighted by atomic mass is 19.1. The Balaban J connectivity index is 1.31. The first-order valence-corrected chi connectivity index (χ1v) is 13.6. The summed E-state index contributed by atoms with van der Waals surface area (Å²) >= 11 is 0. The molecule has 1 aromatic heterocycles. The highest BCUT2D eigenvalue weighted by Gasteiger charge is 2.39. The number of carbonyl (C=O) groups excluding carboxylic acids is 2. The molecule has 2 fully saturated rings. The molecule has 2 saturated heterocycles. The van der Waals surface area contributed by atoms with E-state index in [2.05, 4.69) is 14.9 Å². The third-order valence-electron chi connectivity index (χ3n) is 7.92. The van der Waals surface area contributed by atoms with Crippen LogP contribution in [-0.2, 0) is 4.79 Å². The monoisotopic (exact) mass is 545 g/mol. The summed E-state index contributed by atoms with van der Waals surface area (Å²) < 4.78 is 35.5. The van der Waals surface area contributed by atoms with Crippen molar-refractivity contribution in [3.63, 3.8) is 0 Å². The molecule has 2 aromatic rings. The molecule has 11 heteroatoms. The summed E-state index contributed by atoms with van der Waals surface area (Å²) in [5.74, 6) is -1.12. The van der Waals surface area contributed by atoms with Crippen molar-refractivity contribution >= 4 is 11.8 Å². The van der Waals surface area contributed by atoms with Gasteiger partial charge >= 0.3 is 0 Å². The number of primary amides is 1. The number of aliphatic hydroxyl groups excluding tert-OH is 1. The minimum Gasteiger partial charge on any atom is -0.490 e. The number of piperidine rings is 1. The molecular formula is C28H37F2N5O4. The Kier molecular flexibility index (Phi) is 9.12. The molecule has 1 aromatic carbocycles. The smallest absolute Gasteiger partial charge is 0.257 e. The van der Waals surface area contributed by atoms with E-state index in [1.807, 2.05) is 13.8 Å². The number of likely N-dealkylation sites (tertiary alicyclic amines) is 2. The lowest BCUT2D eigenvalue weighted by Gasteiger charge is -2.36. The summed E-state index contributed by atoms with van der Waals surface area (Å²) in [6, 6.07) is 3.01. The van der Waals surface area contributed by atoms with Gasteiger partial charge in [0.05, 0.1) is 30.7 Å². The van der Waals surface area contributed by atoms with Gasteiger partial charge in [-0.1, -0.05) is 19.9 Å². The summed E-state index contributed by atoms with van der Waals surface area (Å²) in [4.78, 5) is 36.3. The van der Waals surface area contributed by atoms with Crippen molar-refractivity contribution < 1.29 is 28.2 Å². The zero-order chi connectivity index (χ0) is 28.2. The summed E-state index contributed by atoms with van der Waals surface area (Å²) in [7, 11) is 0. The minimum atomic E-state index is -1.12. The lowest BCUT2D eigenvalue weighted by atomic mass is 9.94. The number of rotatable bonds is 10. The van der Waals surface area contributed by atoms with Crippen LogP contribution in [0, 0.1) is 11.7 Å². The standard InChI is InChI=1S/C28H37F2N5O4/c1-3-28(30,4-2)17-34-9-7-18(8-10-34)16-39-21-13-32-26(33-14-21)19-5-6-22(23(29)11-19)27(38)35-15-20(36)12-24(35)25(31)37/h5-6,11,13-14,18,20,24,36H,3-4,7-10,12,15-17H2,1-2H3,(H2,31,37)/t20-,24+/m1/s1. The van der Waals surface area contributed by atoms with Crippen molar-refractivity contribution in [1.29, 1.82) is 0 Å². The lowest BCUT2D eigenvalue weighted by Crippen LogP contribution is -2.44. The number of aromatic nitrogens is 2. The predicted molar refractivity (Wildman–Crippen MR) is 141 cm³/mol. The zero-order valence-corrected chi connectivity index (χ0v) is 22.5. The van der Waals surface area contributed by atoms with Gasteiger partial charge in [0.15, 0.2) is 11.6 Å². The van der Waals surface area contributed by atoms with Gasteiger partial charge in [-0.15, -0.1) is 0 Å². The second-order valence-corrected chi connectivity index (χ2v) is 10.6. The summed E-state index contributed by atoms with van der Waals surface area (Å²) in [5, 5.41) is 9.84. The number of nitrogens with two attached hydrogens (primary N) is 1. The molecule has 39 heavy (non-hydrogen) atoms. The summed E-state index contributed by atoms with van der Waals surface area (Å²) in [5.41, 5.74) is 4.36. The third-order valence-corrected chi connectivity index (χ3v) is 7.92. The number of hydrogen-bond acceptors (Lipinski definition) is 7. The molecule has 0 radical (unpaired) electrons. The van der Waals surface area contributed by atoms with Gasteiger partial charge in [-0.2, -0.15) is 0 Å². The van der Waals surface area contributed by atoms with Crippen LogP contribution in [0.2, 0.25) is 0 Å². The van der Waals surface area contributed by atoms with E-state index in [0.29, 0.717) is 43.2 Å². The van der Waals surface area contributed by atoms with E-state index in [9.17, 15) is 23.5 Å². The van der Waals surface area contributed by atoms with Crippen molar-refractivity contribution in [2.45, 2.75) is 63.8 Å². The maximum atomic E-state index is 14.9. The molecule has 0 aliphatic carbocycles. The van der Waals surface area contributed by atoms with Crippen molar-refractivity contribution in [3.05, 3.63) is 42.0 Å². The van der Waals surface area contributed by atoms with Gasteiger partial charge in [0, 0.05) is 25.1 Å². The molecule has 0 spiro atoms. The Morgan fingerprint density at radius 1 is 1.18 bits per heavy atom. The van der Waals surface area contributed by atoms with E-state index in [4.69, 9.17) is 10.5 Å². The van der Waals surface area contributed by atoms with E-state index in [-0.39, 0.29) is 24.4 Å². The first kappa shape index (κ1) is 28.8. The van der Waals surface area contributed by atoms with Crippen LogP contribution in [0.4, 0.5) is 8.78 Å². The SMILES string of the molecule is CCC(F)(CC)CN1CCC(COc2cnc(-c3ccc(C(=O)N4C[C@H](O)C[C@H]4C(N)=O)c(F)c3)nc2)CC1. The molecule has 0 unspecified atom stereocenters. The number of amides is 2. The predicted octanol–water partition coefficient (Wildman–Crippen LogP) is 2.96. The van der Waals surface area contributed by atoms with Crippen LogP contribution in [0.3, 0.4) is 0 Å². The van der Waals surface area contributed by atoms with Crippen LogP contribution in [0.25, 0.3) is 11.4 Å². The molecule has 9 nitrogen and oxygen atoms in total. The Morgan fingerprint density at radius 2 is 1.85 bits per heavy atom. The second-order valence-electron chi connectivity index (χ2n) is 10.6. The van der Waals surface area contributed by atoms with Gasteiger partial charge in [-0.05, 0) is 56.8 Å². The van der Waals surface area contributed by atoms with Crippen molar-refractivity contribution in [1.82, 2.24) is 19.8 Å². The molecule has 3 N–H and O–H groups in total. The van der Waals surface area contributed by atoms with Gasteiger partial charge in [0.2, 0.25) is 5.91 Å². The van der Waals surface area contributed by atoms with Gasteiger partial charge in [0.1, 0.15) is 17.5 Å². The maximum absolute atomic E-state index is 14.9. The molecule has 3 heterocycles. The van der Waals surface area contributed by atoms with E-state index in [1.54, 1.807) is 0 Å². The highest BCUT2D eigenvalue weighted by molar-refractivity contribution is 5.98.